The van der Waals surface area contributed by atoms with Gasteiger partial charge in [0.25, 0.3) is 5.91 Å². The van der Waals surface area contributed by atoms with Crippen molar-refractivity contribution >= 4 is 23.5 Å². The van der Waals surface area contributed by atoms with Crippen LogP contribution in [0.5, 0.6) is 0 Å². The van der Waals surface area contributed by atoms with Gasteiger partial charge in [0.1, 0.15) is 5.69 Å². The number of amides is 1. The number of benzene rings is 1. The number of halogens is 1. The lowest BCUT2D eigenvalue weighted by Crippen LogP contribution is -2.39. The molecule has 0 radical (unpaired) electrons. The Kier molecular flexibility index (Phi) is 5.95. The average molecular weight is 422 g/mol. The second-order valence-electron chi connectivity index (χ2n) is 7.68. The van der Waals surface area contributed by atoms with Gasteiger partial charge in [-0.15, -0.1) is 0 Å². The minimum Gasteiger partial charge on any atom is -0.347 e. The fourth-order valence-corrected chi connectivity index (χ4v) is 4.02. The van der Waals surface area contributed by atoms with Gasteiger partial charge >= 0.3 is 0 Å². The van der Waals surface area contributed by atoms with Crippen LogP contribution in [0.25, 0.3) is 11.1 Å². The van der Waals surface area contributed by atoms with Crippen LogP contribution < -0.4 is 4.90 Å². The molecule has 0 aliphatic carbocycles. The Morgan fingerprint density at radius 2 is 2.03 bits per heavy atom. The highest BCUT2D eigenvalue weighted by atomic mass is 35.5. The molecule has 1 aromatic carbocycles. The number of hydrogen-bond acceptors (Lipinski definition) is 5. The van der Waals surface area contributed by atoms with Crippen LogP contribution in [0.2, 0.25) is 5.02 Å². The minimum atomic E-state index is -0.0357. The van der Waals surface area contributed by atoms with Crippen molar-refractivity contribution < 1.29 is 4.79 Å². The molecule has 1 amide bonds. The third kappa shape index (κ3) is 4.28. The van der Waals surface area contributed by atoms with Gasteiger partial charge in [-0.1, -0.05) is 29.8 Å². The lowest BCUT2D eigenvalue weighted by Gasteiger charge is -2.33. The van der Waals surface area contributed by atoms with Crippen LogP contribution in [0.1, 0.15) is 34.9 Å². The van der Waals surface area contributed by atoms with Crippen molar-refractivity contribution in [3.05, 3.63) is 71.3 Å². The predicted octanol–water partition coefficient (Wildman–Crippen LogP) is 4.28. The van der Waals surface area contributed by atoms with Gasteiger partial charge in [0.05, 0.1) is 5.69 Å². The maximum absolute atomic E-state index is 13.0. The molecule has 1 aliphatic rings. The summed E-state index contributed by atoms with van der Waals surface area (Å²) in [6, 6.07) is 13.1. The van der Waals surface area contributed by atoms with E-state index in [-0.39, 0.29) is 11.8 Å². The molecule has 1 saturated heterocycles. The quantitative estimate of drug-likeness (QED) is 0.629. The highest BCUT2D eigenvalue weighted by Gasteiger charge is 2.29. The number of piperidine rings is 1. The van der Waals surface area contributed by atoms with Crippen molar-refractivity contribution in [1.29, 1.82) is 0 Å². The van der Waals surface area contributed by atoms with Gasteiger partial charge in [-0.2, -0.15) is 0 Å². The van der Waals surface area contributed by atoms with E-state index < -0.39 is 0 Å². The first-order valence-corrected chi connectivity index (χ1v) is 10.4. The van der Waals surface area contributed by atoms with E-state index in [4.69, 9.17) is 16.6 Å². The number of likely N-dealkylation sites (tertiary alicyclic amines) is 1. The molecule has 154 valence electrons. The zero-order chi connectivity index (χ0) is 21.1. The molecule has 0 N–H and O–H groups in total. The summed E-state index contributed by atoms with van der Waals surface area (Å²) in [6.45, 7) is 1.33. The van der Waals surface area contributed by atoms with E-state index in [2.05, 4.69) is 9.97 Å². The summed E-state index contributed by atoms with van der Waals surface area (Å²) in [7, 11) is 3.85. The largest absolute Gasteiger partial charge is 0.347 e. The highest BCUT2D eigenvalue weighted by molar-refractivity contribution is 6.30. The predicted molar refractivity (Wildman–Crippen MR) is 119 cm³/mol. The van der Waals surface area contributed by atoms with Crippen LogP contribution in [-0.2, 0) is 0 Å². The van der Waals surface area contributed by atoms with Crippen LogP contribution in [0.4, 0.5) is 5.95 Å². The Morgan fingerprint density at radius 3 is 2.77 bits per heavy atom. The van der Waals surface area contributed by atoms with Crippen LogP contribution in [-0.4, -0.2) is 52.9 Å². The zero-order valence-electron chi connectivity index (χ0n) is 17.1. The summed E-state index contributed by atoms with van der Waals surface area (Å²) < 4.78 is 0. The molecule has 0 bridgehead atoms. The van der Waals surface area contributed by atoms with Crippen molar-refractivity contribution in [3.8, 4) is 11.1 Å². The standard InChI is InChI=1S/C23H24ClN5O/c1-28(2)23-26-14-19(16-7-5-9-18(24)13-16)21(27-23)17-8-6-12-29(15-17)22(30)20-10-3-4-11-25-20/h3-5,7,9-11,13-14,17H,6,8,12,15H2,1-2H3. The molecule has 4 rings (SSSR count). The van der Waals surface area contributed by atoms with Gasteiger partial charge in [-0.3, -0.25) is 9.78 Å². The topological polar surface area (TPSA) is 62.2 Å². The summed E-state index contributed by atoms with van der Waals surface area (Å²) in [5.74, 6) is 0.734. The fraction of sp³-hybridized carbons (Fsp3) is 0.304. The molecular formula is C23H24ClN5O. The molecule has 1 unspecified atom stereocenters. The molecule has 30 heavy (non-hydrogen) atoms. The lowest BCUT2D eigenvalue weighted by molar-refractivity contribution is 0.0700. The van der Waals surface area contributed by atoms with Gasteiger partial charge < -0.3 is 9.80 Å². The molecule has 2 aromatic heterocycles. The Balaban J connectivity index is 1.69. The van der Waals surface area contributed by atoms with Gasteiger partial charge in [-0.05, 0) is 42.7 Å². The van der Waals surface area contributed by atoms with Crippen LogP contribution in [0, 0.1) is 0 Å². The summed E-state index contributed by atoms with van der Waals surface area (Å²) in [5, 5.41) is 0.672. The van der Waals surface area contributed by atoms with Crippen molar-refractivity contribution in [1.82, 2.24) is 19.9 Å². The monoisotopic (exact) mass is 421 g/mol. The first-order valence-electron chi connectivity index (χ1n) is 10.0. The average Bonchev–Trinajstić information content (AvgIpc) is 2.79. The summed E-state index contributed by atoms with van der Waals surface area (Å²) in [4.78, 5) is 30.4. The maximum atomic E-state index is 13.0. The highest BCUT2D eigenvalue weighted by Crippen LogP contribution is 2.35. The summed E-state index contributed by atoms with van der Waals surface area (Å²) >= 11 is 6.24. The second-order valence-corrected chi connectivity index (χ2v) is 8.12. The third-order valence-electron chi connectivity index (χ3n) is 5.32. The number of pyridine rings is 1. The maximum Gasteiger partial charge on any atom is 0.272 e. The number of aromatic nitrogens is 3. The molecule has 6 nitrogen and oxygen atoms in total. The zero-order valence-corrected chi connectivity index (χ0v) is 17.9. The van der Waals surface area contributed by atoms with E-state index in [1.807, 2.05) is 66.5 Å². The van der Waals surface area contributed by atoms with Crippen LogP contribution in [0.3, 0.4) is 0 Å². The van der Waals surface area contributed by atoms with E-state index >= 15 is 0 Å². The lowest BCUT2D eigenvalue weighted by atomic mass is 9.89. The summed E-state index contributed by atoms with van der Waals surface area (Å²) in [6.07, 6.45) is 5.39. The smallest absolute Gasteiger partial charge is 0.272 e. The molecule has 0 saturated carbocycles. The minimum absolute atomic E-state index is 0.0357. The van der Waals surface area contributed by atoms with Gasteiger partial charge in [0.2, 0.25) is 5.95 Å². The number of carbonyl (C=O) groups is 1. The molecule has 3 aromatic rings. The number of carbonyl (C=O) groups excluding carboxylic acids is 1. The second kappa shape index (κ2) is 8.79. The SMILES string of the molecule is CN(C)c1ncc(-c2cccc(Cl)c2)c(C2CCCN(C(=O)c3ccccn3)C2)n1. The van der Waals surface area contributed by atoms with E-state index in [1.165, 1.54) is 0 Å². The van der Waals surface area contributed by atoms with E-state index in [0.717, 1.165) is 36.2 Å². The van der Waals surface area contributed by atoms with Crippen LogP contribution in [0.15, 0.2) is 54.9 Å². The van der Waals surface area contributed by atoms with E-state index in [0.29, 0.717) is 23.2 Å². The Morgan fingerprint density at radius 1 is 1.17 bits per heavy atom. The molecule has 1 aliphatic heterocycles. The number of anilines is 1. The number of nitrogens with zero attached hydrogens (tertiary/aromatic N) is 5. The van der Waals surface area contributed by atoms with Gasteiger partial charge in [-0.25, -0.2) is 9.97 Å². The third-order valence-corrected chi connectivity index (χ3v) is 5.56. The molecular weight excluding hydrogens is 398 g/mol. The number of hydrogen-bond donors (Lipinski definition) is 0. The normalized spacial score (nSPS) is 16.4. The molecule has 7 heteroatoms. The first-order chi connectivity index (χ1) is 14.5. The van der Waals surface area contributed by atoms with Crippen LogP contribution >= 0.6 is 11.6 Å². The molecule has 3 heterocycles. The van der Waals surface area contributed by atoms with Gasteiger partial charge in [0, 0.05) is 56.1 Å². The van der Waals surface area contributed by atoms with Crippen molar-refractivity contribution in [3.63, 3.8) is 0 Å². The molecule has 1 fully saturated rings. The Hall–Kier alpha value is -2.99. The van der Waals surface area contributed by atoms with E-state index in [9.17, 15) is 4.79 Å². The number of rotatable bonds is 4. The van der Waals surface area contributed by atoms with Crippen molar-refractivity contribution in [2.45, 2.75) is 18.8 Å². The Bertz CT molecular complexity index is 1040. The van der Waals surface area contributed by atoms with E-state index in [1.54, 1.807) is 12.3 Å². The Labute approximate surface area is 181 Å². The van der Waals surface area contributed by atoms with Gasteiger partial charge in [0.15, 0.2) is 0 Å². The fourth-order valence-electron chi connectivity index (χ4n) is 3.83. The molecule has 1 atom stereocenters. The first kappa shape index (κ1) is 20.3. The summed E-state index contributed by atoms with van der Waals surface area (Å²) in [5.41, 5.74) is 3.37. The van der Waals surface area contributed by atoms with Crippen molar-refractivity contribution in [2.75, 3.05) is 32.1 Å². The van der Waals surface area contributed by atoms with Crippen molar-refractivity contribution in [2.24, 2.45) is 0 Å². The molecule has 0 spiro atoms.